The van der Waals surface area contributed by atoms with Crippen LogP contribution in [0.1, 0.15) is 51.6 Å². The number of methoxy groups -OCH3 is 1. The number of amides is 1. The van der Waals surface area contributed by atoms with E-state index in [1.165, 1.54) is 0 Å². The number of nitrogens with zero attached hydrogens (tertiary/aromatic N) is 2. The monoisotopic (exact) mass is 384 g/mol. The largest absolute Gasteiger partial charge is 0.496 e. The quantitative estimate of drug-likeness (QED) is 0.703. The Labute approximate surface area is 158 Å². The van der Waals surface area contributed by atoms with Crippen molar-refractivity contribution in [1.82, 2.24) is 4.90 Å². The van der Waals surface area contributed by atoms with Gasteiger partial charge >= 0.3 is 6.09 Å². The van der Waals surface area contributed by atoms with Gasteiger partial charge in [0.15, 0.2) is 0 Å². The van der Waals surface area contributed by atoms with E-state index >= 15 is 0 Å². The van der Waals surface area contributed by atoms with Gasteiger partial charge in [-0.1, -0.05) is 23.2 Å². The highest BCUT2D eigenvalue weighted by atomic mass is 35.5. The molecule has 25 heavy (non-hydrogen) atoms. The molecule has 1 unspecified atom stereocenters. The fourth-order valence-electron chi connectivity index (χ4n) is 3.10. The second kappa shape index (κ2) is 7.72. The molecule has 1 aliphatic heterocycles. The van der Waals surface area contributed by atoms with E-state index in [1.54, 1.807) is 24.1 Å². The Morgan fingerprint density at radius 1 is 1.36 bits per heavy atom. The summed E-state index contributed by atoms with van der Waals surface area (Å²) >= 11 is 12.6. The third-order valence-electron chi connectivity index (χ3n) is 4.08. The van der Waals surface area contributed by atoms with E-state index in [2.05, 4.69) is 6.07 Å². The molecule has 1 heterocycles. The van der Waals surface area contributed by atoms with Crippen LogP contribution in [0.15, 0.2) is 12.1 Å². The molecule has 7 heteroatoms. The third-order valence-corrected chi connectivity index (χ3v) is 4.90. The zero-order chi connectivity index (χ0) is 18.8. The van der Waals surface area contributed by atoms with Crippen molar-refractivity contribution in [2.24, 2.45) is 0 Å². The zero-order valence-corrected chi connectivity index (χ0v) is 16.3. The van der Waals surface area contributed by atoms with Gasteiger partial charge < -0.3 is 9.47 Å². The summed E-state index contributed by atoms with van der Waals surface area (Å²) in [6.45, 7) is 5.42. The first-order valence-electron chi connectivity index (χ1n) is 8.09. The number of hydrogen-bond acceptors (Lipinski definition) is 4. The lowest BCUT2D eigenvalue weighted by atomic mass is 10.0. The van der Waals surface area contributed by atoms with E-state index in [9.17, 15) is 4.79 Å². The average molecular weight is 385 g/mol. The molecule has 0 aliphatic carbocycles. The molecule has 1 fully saturated rings. The lowest BCUT2D eigenvalue weighted by Gasteiger charge is -2.33. The minimum Gasteiger partial charge on any atom is -0.496 e. The Kier molecular flexibility index (Phi) is 6.08. The fourth-order valence-corrected chi connectivity index (χ4v) is 3.55. The second-order valence-electron chi connectivity index (χ2n) is 6.97. The Bertz CT molecular complexity index is 695. The summed E-state index contributed by atoms with van der Waals surface area (Å²) in [6, 6.07) is 4.95. The molecule has 1 aliphatic rings. The smallest absolute Gasteiger partial charge is 0.411 e. The maximum absolute atomic E-state index is 12.8. The number of hydrogen-bond donors (Lipinski definition) is 0. The molecule has 0 saturated carbocycles. The SMILES string of the molecule is COc1ccc(Cl)c(Cl)c1C1CC[C@H](CC#N)N1C(=O)OC(C)(C)C. The third kappa shape index (κ3) is 4.31. The molecule has 1 saturated heterocycles. The van der Waals surface area contributed by atoms with Crippen molar-refractivity contribution < 1.29 is 14.3 Å². The van der Waals surface area contributed by atoms with Crippen LogP contribution in [0.2, 0.25) is 10.0 Å². The van der Waals surface area contributed by atoms with Gasteiger partial charge in [0.05, 0.1) is 35.7 Å². The molecule has 0 bridgehead atoms. The lowest BCUT2D eigenvalue weighted by Crippen LogP contribution is -2.41. The highest BCUT2D eigenvalue weighted by Crippen LogP contribution is 2.46. The van der Waals surface area contributed by atoms with Crippen LogP contribution in [0.4, 0.5) is 4.79 Å². The van der Waals surface area contributed by atoms with Crippen molar-refractivity contribution in [3.8, 4) is 11.8 Å². The first-order chi connectivity index (χ1) is 11.7. The minimum absolute atomic E-state index is 0.232. The highest BCUT2D eigenvalue weighted by Gasteiger charge is 2.42. The molecule has 136 valence electrons. The lowest BCUT2D eigenvalue weighted by molar-refractivity contribution is 0.0146. The number of carbonyl (C=O) groups excluding carboxylic acids is 1. The maximum Gasteiger partial charge on any atom is 0.411 e. The van der Waals surface area contributed by atoms with E-state index in [0.717, 1.165) is 0 Å². The summed E-state index contributed by atoms with van der Waals surface area (Å²) in [5.74, 6) is 0.561. The molecular weight excluding hydrogens is 363 g/mol. The molecule has 0 N–H and O–H groups in total. The van der Waals surface area contributed by atoms with Crippen LogP contribution in [0.5, 0.6) is 5.75 Å². The van der Waals surface area contributed by atoms with Crippen molar-refractivity contribution in [3.05, 3.63) is 27.7 Å². The highest BCUT2D eigenvalue weighted by molar-refractivity contribution is 6.42. The van der Waals surface area contributed by atoms with Crippen LogP contribution >= 0.6 is 23.2 Å². The first-order valence-corrected chi connectivity index (χ1v) is 8.85. The minimum atomic E-state index is -0.635. The van der Waals surface area contributed by atoms with Crippen molar-refractivity contribution >= 4 is 29.3 Å². The Morgan fingerprint density at radius 3 is 2.60 bits per heavy atom. The standard InChI is InChI=1S/C18H22Cl2N2O3/c1-18(2,3)25-17(23)22-11(9-10-21)5-7-13(22)15-14(24-4)8-6-12(19)16(15)20/h6,8,11,13H,5,7,9H2,1-4H3/t11-,13?/m1/s1. The van der Waals surface area contributed by atoms with Crippen molar-refractivity contribution in [3.63, 3.8) is 0 Å². The summed E-state index contributed by atoms with van der Waals surface area (Å²) in [7, 11) is 1.54. The van der Waals surface area contributed by atoms with Gasteiger partial charge in [-0.2, -0.15) is 5.26 Å². The van der Waals surface area contributed by atoms with Crippen LogP contribution in [0.3, 0.4) is 0 Å². The molecule has 2 atom stereocenters. The van der Waals surface area contributed by atoms with Crippen molar-refractivity contribution in [1.29, 1.82) is 5.26 Å². The van der Waals surface area contributed by atoms with Crippen LogP contribution in [-0.4, -0.2) is 29.7 Å². The number of halogens is 2. The van der Waals surface area contributed by atoms with Gasteiger partial charge in [0.25, 0.3) is 0 Å². The van der Waals surface area contributed by atoms with E-state index < -0.39 is 11.7 Å². The maximum atomic E-state index is 12.8. The summed E-state index contributed by atoms with van der Waals surface area (Å²) in [6.07, 6.45) is 1.11. The van der Waals surface area contributed by atoms with Gasteiger partial charge in [-0.05, 0) is 45.7 Å². The van der Waals surface area contributed by atoms with Gasteiger partial charge in [0, 0.05) is 11.6 Å². The number of rotatable bonds is 3. The number of benzene rings is 1. The number of likely N-dealkylation sites (tertiary alicyclic amines) is 1. The van der Waals surface area contributed by atoms with E-state index in [0.29, 0.717) is 34.2 Å². The Morgan fingerprint density at radius 2 is 2.04 bits per heavy atom. The van der Waals surface area contributed by atoms with Gasteiger partial charge in [-0.25, -0.2) is 4.79 Å². The van der Waals surface area contributed by atoms with E-state index in [1.807, 2.05) is 20.8 Å². The zero-order valence-electron chi connectivity index (χ0n) is 14.8. The Hall–Kier alpha value is -1.64. The predicted molar refractivity (Wildman–Crippen MR) is 97.1 cm³/mol. The summed E-state index contributed by atoms with van der Waals surface area (Å²) in [4.78, 5) is 14.4. The molecule has 0 spiro atoms. The number of ether oxygens (including phenoxy) is 2. The molecule has 0 radical (unpaired) electrons. The van der Waals surface area contributed by atoms with Crippen molar-refractivity contribution in [2.45, 2.75) is 57.7 Å². The van der Waals surface area contributed by atoms with Crippen LogP contribution in [0, 0.1) is 11.3 Å². The fraction of sp³-hybridized carbons (Fsp3) is 0.556. The average Bonchev–Trinajstić information content (AvgIpc) is 2.92. The molecule has 1 amide bonds. The predicted octanol–water partition coefficient (Wildman–Crippen LogP) is 5.36. The molecular formula is C18H22Cl2N2O3. The summed E-state index contributed by atoms with van der Waals surface area (Å²) in [5, 5.41) is 9.87. The molecule has 1 aromatic rings. The molecule has 1 aromatic carbocycles. The van der Waals surface area contributed by atoms with Gasteiger partial charge in [-0.3, -0.25) is 4.90 Å². The van der Waals surface area contributed by atoms with Gasteiger partial charge in [-0.15, -0.1) is 0 Å². The summed E-state index contributed by atoms with van der Waals surface area (Å²) in [5.41, 5.74) is 0.0202. The summed E-state index contributed by atoms with van der Waals surface area (Å²) < 4.78 is 11.0. The van der Waals surface area contributed by atoms with Crippen LogP contribution < -0.4 is 4.74 Å². The Balaban J connectivity index is 2.47. The van der Waals surface area contributed by atoms with E-state index in [-0.39, 0.29) is 18.5 Å². The molecule has 2 rings (SSSR count). The van der Waals surface area contributed by atoms with Crippen molar-refractivity contribution in [2.75, 3.05) is 7.11 Å². The molecule has 0 aromatic heterocycles. The van der Waals surface area contributed by atoms with Gasteiger partial charge in [0.2, 0.25) is 0 Å². The van der Waals surface area contributed by atoms with E-state index in [4.69, 9.17) is 37.9 Å². The first kappa shape index (κ1) is 19.7. The number of carbonyl (C=O) groups is 1. The van der Waals surface area contributed by atoms with Gasteiger partial charge in [0.1, 0.15) is 11.4 Å². The number of nitriles is 1. The van der Waals surface area contributed by atoms with Crippen LogP contribution in [-0.2, 0) is 4.74 Å². The molecule has 5 nitrogen and oxygen atoms in total. The van der Waals surface area contributed by atoms with Crippen LogP contribution in [0.25, 0.3) is 0 Å². The topological polar surface area (TPSA) is 62.6 Å². The normalized spacial score (nSPS) is 20.3. The second-order valence-corrected chi connectivity index (χ2v) is 7.76.